The van der Waals surface area contributed by atoms with Crippen LogP contribution in [-0.2, 0) is 0 Å². The summed E-state index contributed by atoms with van der Waals surface area (Å²) >= 11 is 0. The van der Waals surface area contributed by atoms with Gasteiger partial charge in [-0.3, -0.25) is 0 Å². The maximum Gasteiger partial charge on any atom is 0.0689 e. The Morgan fingerprint density at radius 3 is 0.786 bits per heavy atom. The molecule has 0 aromatic heterocycles. The highest BCUT2D eigenvalue weighted by Gasteiger charge is 1.88. The number of rotatable bonds is 0. The molecule has 0 heterocycles. The van der Waals surface area contributed by atoms with Gasteiger partial charge in [0.2, 0.25) is 0 Å². The van der Waals surface area contributed by atoms with Crippen molar-refractivity contribution in [3.63, 3.8) is 0 Å². The lowest BCUT2D eigenvalue weighted by Crippen LogP contribution is -2.27. The van der Waals surface area contributed by atoms with Gasteiger partial charge >= 0.3 is 0 Å². The number of hydrogen-bond donors (Lipinski definition) is 1. The normalized spacial score (nSPS) is 7.71. The molecule has 0 aromatic rings. The molecule has 0 aromatic carbocycles. The molecule has 0 unspecified atom stereocenters. The third kappa shape index (κ3) is 318. The van der Waals surface area contributed by atoms with Crippen LogP contribution < -0.4 is 6.15 Å². The first-order valence-corrected chi connectivity index (χ1v) is 2.88. The van der Waals surface area contributed by atoms with Crippen molar-refractivity contribution in [2.45, 2.75) is 0 Å². The summed E-state index contributed by atoms with van der Waals surface area (Å²) in [6.45, 7) is 0. The summed E-state index contributed by atoms with van der Waals surface area (Å²) in [6.07, 6.45) is 0. The van der Waals surface area contributed by atoms with Crippen LogP contribution in [0.4, 0.5) is 0 Å². The summed E-state index contributed by atoms with van der Waals surface area (Å²) in [7, 11) is 8.50. The van der Waals surface area contributed by atoms with E-state index in [0.717, 1.165) is 4.48 Å². The van der Waals surface area contributed by atoms with Crippen LogP contribution in [0.25, 0.3) is 0 Å². The second-order valence-electron chi connectivity index (χ2n) is 3.13. The average molecular weight is 216 g/mol. The Morgan fingerprint density at radius 1 is 0.786 bits per heavy atom. The van der Waals surface area contributed by atoms with Crippen molar-refractivity contribution < 1.29 is 14.7 Å². The lowest BCUT2D eigenvalue weighted by Gasteiger charge is -2.14. The quantitative estimate of drug-likeness (QED) is 0.344. The van der Waals surface area contributed by atoms with Gasteiger partial charge < -0.3 is 41.3 Å². The molecule has 0 amide bonds. The topological polar surface area (TPSA) is 169 Å². The van der Waals surface area contributed by atoms with Gasteiger partial charge in [0.25, 0.3) is 0 Å². The molecular weight excluding hydrogens is 200 g/mol. The molecule has 0 aliphatic rings. The van der Waals surface area contributed by atoms with Crippen molar-refractivity contribution in [3.05, 3.63) is 30.6 Å². The first-order chi connectivity index (χ1) is 5.46. The lowest BCUT2D eigenvalue weighted by molar-refractivity contribution is -0.849. The molecule has 0 radical (unpaired) electrons. The Labute approximate surface area is 80.8 Å². The van der Waals surface area contributed by atoms with Crippen molar-refractivity contribution in [3.8, 4) is 0 Å². The van der Waals surface area contributed by atoms with Gasteiger partial charge in [0, 0.05) is 0 Å². The van der Waals surface area contributed by atoms with Gasteiger partial charge in [-0.15, -0.1) is 0 Å². The van der Waals surface area contributed by atoms with E-state index in [-0.39, 0.29) is 6.15 Å². The molecule has 0 bridgehead atoms. The molecule has 10 heteroatoms. The highest BCUT2D eigenvalue weighted by Crippen LogP contribution is 1.73. The molecule has 0 aliphatic heterocycles. The molecule has 0 spiro atoms. The Morgan fingerprint density at radius 2 is 0.786 bits per heavy atom. The van der Waals surface area contributed by atoms with Gasteiger partial charge in [-0.2, -0.15) is 0 Å². The number of nitrogens with zero attached hydrogens (tertiary/aromatic N) is 3. The minimum absolute atomic E-state index is 0. The van der Waals surface area contributed by atoms with Crippen molar-refractivity contribution in [1.29, 1.82) is 0 Å². The predicted molar refractivity (Wildman–Crippen MR) is 50.7 cm³/mol. The second kappa shape index (κ2) is 11.3. The standard InChI is InChI=1S/C4H12N.2NO3.H3N/c1-5(2,3)4;2*2-1(3)4;/h1-4H3;;;1H3/q+1;2*-1;/p+1. The summed E-state index contributed by atoms with van der Waals surface area (Å²) < 4.78 is 1.00. The fourth-order valence-electron chi connectivity index (χ4n) is 0. The molecule has 14 heavy (non-hydrogen) atoms. The molecule has 0 atom stereocenters. The number of quaternary nitrogens is 2. The molecule has 10 nitrogen and oxygen atoms in total. The van der Waals surface area contributed by atoms with Crippen LogP contribution in [0.3, 0.4) is 0 Å². The van der Waals surface area contributed by atoms with Crippen LogP contribution in [0.5, 0.6) is 0 Å². The van der Waals surface area contributed by atoms with Gasteiger partial charge in [-0.1, -0.05) is 0 Å². The van der Waals surface area contributed by atoms with Crippen LogP contribution in [0, 0.1) is 30.6 Å². The third-order valence-corrected chi connectivity index (χ3v) is 0. The smallest absolute Gasteiger partial charge is 0.0689 e. The first kappa shape index (κ1) is 22.8. The largest absolute Gasteiger partial charge is 0.369 e. The highest BCUT2D eigenvalue weighted by atomic mass is 16.9. The first-order valence-electron chi connectivity index (χ1n) is 2.88. The Kier molecular flexibility index (Phi) is 18.4. The van der Waals surface area contributed by atoms with Crippen LogP contribution in [0.1, 0.15) is 0 Å². The highest BCUT2D eigenvalue weighted by molar-refractivity contribution is 4.04. The average Bonchev–Trinajstić information content (AvgIpc) is 1.50. The van der Waals surface area contributed by atoms with Gasteiger partial charge in [0.05, 0.1) is 38.4 Å². The van der Waals surface area contributed by atoms with E-state index in [2.05, 4.69) is 28.2 Å². The summed E-state index contributed by atoms with van der Waals surface area (Å²) in [4.78, 5) is 16.5. The van der Waals surface area contributed by atoms with E-state index in [1.807, 2.05) is 0 Å². The van der Waals surface area contributed by atoms with Gasteiger partial charge in [0.15, 0.2) is 0 Å². The molecule has 0 saturated heterocycles. The van der Waals surface area contributed by atoms with Crippen molar-refractivity contribution in [2.24, 2.45) is 0 Å². The molecular formula is C4H16N4O6. The lowest BCUT2D eigenvalue weighted by atomic mass is 10.8. The molecule has 4 N–H and O–H groups in total. The predicted octanol–water partition coefficient (Wildman–Crippen LogP) is 0.220. The van der Waals surface area contributed by atoms with E-state index in [1.54, 1.807) is 0 Å². The Hall–Kier alpha value is -1.68. The summed E-state index contributed by atoms with van der Waals surface area (Å²) in [6, 6.07) is 0. The zero-order valence-corrected chi connectivity index (χ0v) is 8.79. The van der Waals surface area contributed by atoms with Crippen molar-refractivity contribution in [2.75, 3.05) is 28.2 Å². The molecule has 0 rings (SSSR count). The van der Waals surface area contributed by atoms with Crippen LogP contribution >= 0.6 is 0 Å². The van der Waals surface area contributed by atoms with E-state index in [1.165, 1.54) is 0 Å². The summed E-state index contributed by atoms with van der Waals surface area (Å²) in [5.41, 5.74) is 0. The molecule has 0 saturated carbocycles. The van der Waals surface area contributed by atoms with Crippen LogP contribution in [-0.4, -0.2) is 42.8 Å². The monoisotopic (exact) mass is 216 g/mol. The fourth-order valence-corrected chi connectivity index (χ4v) is 0. The maximum atomic E-state index is 8.25. The zero-order chi connectivity index (χ0) is 11.7. The Balaban J connectivity index is -0.0000000522. The second-order valence-corrected chi connectivity index (χ2v) is 3.13. The zero-order valence-electron chi connectivity index (χ0n) is 8.79. The van der Waals surface area contributed by atoms with Gasteiger partial charge in [-0.25, -0.2) is 0 Å². The maximum absolute atomic E-state index is 8.25. The van der Waals surface area contributed by atoms with E-state index in [4.69, 9.17) is 30.6 Å². The van der Waals surface area contributed by atoms with Crippen molar-refractivity contribution >= 4 is 0 Å². The van der Waals surface area contributed by atoms with Gasteiger partial charge in [0.1, 0.15) is 0 Å². The van der Waals surface area contributed by atoms with Crippen molar-refractivity contribution in [1.82, 2.24) is 6.15 Å². The number of hydrogen-bond acceptors (Lipinski definition) is 6. The van der Waals surface area contributed by atoms with E-state index in [0.29, 0.717) is 0 Å². The summed E-state index contributed by atoms with van der Waals surface area (Å²) in [5.74, 6) is 0. The molecule has 0 fully saturated rings. The minimum atomic E-state index is -1.75. The van der Waals surface area contributed by atoms with Crippen LogP contribution in [0.2, 0.25) is 0 Å². The van der Waals surface area contributed by atoms with Crippen LogP contribution in [0.15, 0.2) is 0 Å². The summed E-state index contributed by atoms with van der Waals surface area (Å²) in [5, 5.41) is 29.5. The van der Waals surface area contributed by atoms with E-state index in [9.17, 15) is 0 Å². The SMILES string of the molecule is C[N+](C)(C)C.O=[N+]([O-])[O-].O=[N+]([O-])[O-].[NH4+]. The fraction of sp³-hybridized carbons (Fsp3) is 1.00. The minimum Gasteiger partial charge on any atom is -0.369 e. The Bertz CT molecular complexity index is 128. The molecule has 0 aliphatic carbocycles. The van der Waals surface area contributed by atoms with E-state index < -0.39 is 10.2 Å². The third-order valence-electron chi connectivity index (χ3n) is 0. The van der Waals surface area contributed by atoms with E-state index >= 15 is 0 Å². The molecule has 88 valence electrons. The van der Waals surface area contributed by atoms with Gasteiger partial charge in [-0.05, 0) is 0 Å².